The van der Waals surface area contributed by atoms with Crippen LogP contribution in [0.25, 0.3) is 0 Å². The van der Waals surface area contributed by atoms with Gasteiger partial charge in [-0.15, -0.1) is 0 Å². The Morgan fingerprint density at radius 1 is 1.27 bits per heavy atom. The van der Waals surface area contributed by atoms with Crippen molar-refractivity contribution in [2.45, 2.75) is 0 Å². The Labute approximate surface area is 78.4 Å². The Bertz CT molecular complexity index is 276. The van der Waals surface area contributed by atoms with Gasteiger partial charge in [0.15, 0.2) is 5.82 Å². The third-order valence-electron chi connectivity index (χ3n) is 1.02. The number of hydrazine groups is 1. The molecule has 0 unspecified atom stereocenters. The number of nitrogens with two attached hydrogens (primary N) is 1. The van der Waals surface area contributed by atoms with Gasteiger partial charge in [0.1, 0.15) is 5.15 Å². The van der Waals surface area contributed by atoms with Crippen molar-refractivity contribution < 1.29 is 0 Å². The summed E-state index contributed by atoms with van der Waals surface area (Å²) >= 11 is 16.8. The molecular formula is C5H4Cl3N3. The second-order valence-electron chi connectivity index (χ2n) is 1.74. The molecule has 0 aliphatic carbocycles. The summed E-state index contributed by atoms with van der Waals surface area (Å²) in [6, 6.07) is 1.47. The summed E-state index contributed by atoms with van der Waals surface area (Å²) in [7, 11) is 0. The molecule has 0 saturated heterocycles. The van der Waals surface area contributed by atoms with Crippen molar-refractivity contribution in [3.63, 3.8) is 0 Å². The summed E-state index contributed by atoms with van der Waals surface area (Å²) in [5.41, 5.74) is 2.28. The smallest absolute Gasteiger partial charge is 0.160 e. The number of nitrogen functional groups attached to an aromatic ring is 1. The minimum absolute atomic E-state index is 0.170. The van der Waals surface area contributed by atoms with Gasteiger partial charge in [0, 0.05) is 0 Å². The number of halogens is 3. The summed E-state index contributed by atoms with van der Waals surface area (Å²) in [5, 5.41) is 0.807. The van der Waals surface area contributed by atoms with Gasteiger partial charge in [-0.3, -0.25) is 0 Å². The van der Waals surface area contributed by atoms with Crippen molar-refractivity contribution >= 4 is 40.6 Å². The number of hydrogen-bond donors (Lipinski definition) is 2. The normalized spacial score (nSPS) is 9.82. The minimum atomic E-state index is 0.170. The highest BCUT2D eigenvalue weighted by molar-refractivity contribution is 6.42. The number of aromatic nitrogens is 1. The average Bonchev–Trinajstić information content (AvgIpc) is 1.97. The van der Waals surface area contributed by atoms with Crippen LogP contribution in [-0.4, -0.2) is 4.98 Å². The monoisotopic (exact) mass is 211 g/mol. The summed E-state index contributed by atoms with van der Waals surface area (Å²) in [6.45, 7) is 0. The van der Waals surface area contributed by atoms with Gasteiger partial charge >= 0.3 is 0 Å². The van der Waals surface area contributed by atoms with Crippen molar-refractivity contribution in [3.8, 4) is 0 Å². The number of rotatable bonds is 1. The molecule has 11 heavy (non-hydrogen) atoms. The van der Waals surface area contributed by atoms with Crippen LogP contribution in [0.4, 0.5) is 5.82 Å². The maximum Gasteiger partial charge on any atom is 0.160 e. The topological polar surface area (TPSA) is 50.9 Å². The fraction of sp³-hybridized carbons (Fsp3) is 0. The number of nitrogens with zero attached hydrogens (tertiary/aromatic N) is 1. The number of pyridine rings is 1. The molecule has 60 valence electrons. The van der Waals surface area contributed by atoms with Crippen LogP contribution in [0.5, 0.6) is 0 Å². The Morgan fingerprint density at radius 2 is 1.91 bits per heavy atom. The third kappa shape index (κ3) is 1.87. The number of anilines is 1. The first kappa shape index (κ1) is 8.87. The largest absolute Gasteiger partial charge is 0.307 e. The second-order valence-corrected chi connectivity index (χ2v) is 2.91. The molecule has 6 heteroatoms. The van der Waals surface area contributed by atoms with Crippen LogP contribution >= 0.6 is 34.8 Å². The SMILES string of the molecule is NNc1nc(Cl)c(Cl)cc1Cl. The molecule has 0 spiro atoms. The molecule has 0 aliphatic rings. The average molecular weight is 212 g/mol. The minimum Gasteiger partial charge on any atom is -0.307 e. The van der Waals surface area contributed by atoms with Crippen LogP contribution in [0.3, 0.4) is 0 Å². The molecule has 0 bridgehead atoms. The predicted molar refractivity (Wildman–Crippen MR) is 47.1 cm³/mol. The first-order chi connectivity index (χ1) is 5.15. The van der Waals surface area contributed by atoms with Crippen LogP contribution in [0, 0.1) is 0 Å². The van der Waals surface area contributed by atoms with Crippen molar-refractivity contribution in [1.82, 2.24) is 4.98 Å². The lowest BCUT2D eigenvalue weighted by molar-refractivity contribution is 1.23. The molecule has 1 rings (SSSR count). The summed E-state index contributed by atoms with van der Waals surface area (Å²) < 4.78 is 0. The van der Waals surface area contributed by atoms with E-state index in [9.17, 15) is 0 Å². The highest BCUT2D eigenvalue weighted by atomic mass is 35.5. The van der Waals surface area contributed by atoms with Gasteiger partial charge in [-0.1, -0.05) is 34.8 Å². The quantitative estimate of drug-likeness (QED) is 0.427. The zero-order valence-electron chi connectivity index (χ0n) is 5.24. The Balaban J connectivity index is 3.21. The van der Waals surface area contributed by atoms with Gasteiger partial charge in [0.2, 0.25) is 0 Å². The van der Waals surface area contributed by atoms with E-state index in [2.05, 4.69) is 10.4 Å². The molecule has 3 N–H and O–H groups in total. The molecule has 0 saturated carbocycles. The first-order valence-electron chi connectivity index (χ1n) is 2.63. The molecule has 3 nitrogen and oxygen atoms in total. The van der Waals surface area contributed by atoms with Crippen LogP contribution in [-0.2, 0) is 0 Å². The first-order valence-corrected chi connectivity index (χ1v) is 3.76. The van der Waals surface area contributed by atoms with Gasteiger partial charge in [0.05, 0.1) is 10.0 Å². The lowest BCUT2D eigenvalue weighted by Gasteiger charge is -2.02. The summed E-state index contributed by atoms with van der Waals surface area (Å²) in [6.07, 6.45) is 0. The fourth-order valence-corrected chi connectivity index (χ4v) is 1.10. The van der Waals surface area contributed by atoms with Crippen LogP contribution < -0.4 is 11.3 Å². The van der Waals surface area contributed by atoms with Gasteiger partial charge in [-0.25, -0.2) is 10.8 Å². The van der Waals surface area contributed by atoms with Crippen LogP contribution in [0.15, 0.2) is 6.07 Å². The van der Waals surface area contributed by atoms with E-state index >= 15 is 0 Å². The lowest BCUT2D eigenvalue weighted by Crippen LogP contribution is -2.09. The third-order valence-corrected chi connectivity index (χ3v) is 1.98. The second kappa shape index (κ2) is 3.45. The number of hydrogen-bond acceptors (Lipinski definition) is 3. The van der Waals surface area contributed by atoms with Crippen molar-refractivity contribution in [1.29, 1.82) is 0 Å². The summed E-state index contributed by atoms with van der Waals surface area (Å²) in [4.78, 5) is 3.76. The number of nitrogens with one attached hydrogen (secondary N) is 1. The van der Waals surface area contributed by atoms with Gasteiger partial charge in [-0.2, -0.15) is 0 Å². The highest BCUT2D eigenvalue weighted by Gasteiger charge is 2.05. The molecule has 0 atom stereocenters. The van der Waals surface area contributed by atoms with E-state index in [0.29, 0.717) is 15.9 Å². The molecule has 1 heterocycles. The summed E-state index contributed by atoms with van der Waals surface area (Å²) in [5.74, 6) is 5.38. The van der Waals surface area contributed by atoms with E-state index in [1.807, 2.05) is 0 Å². The van der Waals surface area contributed by atoms with E-state index in [1.165, 1.54) is 6.07 Å². The Hall–Kier alpha value is -0.220. The van der Waals surface area contributed by atoms with Crippen molar-refractivity contribution in [3.05, 3.63) is 21.3 Å². The van der Waals surface area contributed by atoms with Gasteiger partial charge in [0.25, 0.3) is 0 Å². The van der Waals surface area contributed by atoms with E-state index in [0.717, 1.165) is 0 Å². The Morgan fingerprint density at radius 3 is 2.45 bits per heavy atom. The molecule has 1 aromatic rings. The van der Waals surface area contributed by atoms with E-state index in [-0.39, 0.29) is 5.15 Å². The standard InChI is InChI=1S/C5H4Cl3N3/c6-2-1-3(7)5(11-9)10-4(2)8/h1H,9H2,(H,10,11). The van der Waals surface area contributed by atoms with Crippen LogP contribution in [0.1, 0.15) is 0 Å². The highest BCUT2D eigenvalue weighted by Crippen LogP contribution is 2.27. The van der Waals surface area contributed by atoms with Crippen LogP contribution in [0.2, 0.25) is 15.2 Å². The molecule has 0 fully saturated rings. The van der Waals surface area contributed by atoms with Crippen molar-refractivity contribution in [2.24, 2.45) is 5.84 Å². The molecular weight excluding hydrogens is 208 g/mol. The van der Waals surface area contributed by atoms with E-state index < -0.39 is 0 Å². The zero-order chi connectivity index (χ0) is 8.43. The lowest BCUT2D eigenvalue weighted by atomic mass is 10.4. The molecule has 0 radical (unpaired) electrons. The van der Waals surface area contributed by atoms with E-state index in [4.69, 9.17) is 40.6 Å². The van der Waals surface area contributed by atoms with Gasteiger partial charge < -0.3 is 5.43 Å². The maximum atomic E-state index is 5.65. The van der Waals surface area contributed by atoms with E-state index in [1.54, 1.807) is 0 Å². The predicted octanol–water partition coefficient (Wildman–Crippen LogP) is 2.33. The van der Waals surface area contributed by atoms with Gasteiger partial charge in [-0.05, 0) is 6.07 Å². The molecule has 0 amide bonds. The zero-order valence-corrected chi connectivity index (χ0v) is 7.50. The Kier molecular flexibility index (Phi) is 2.78. The maximum absolute atomic E-state index is 5.65. The molecule has 0 aromatic carbocycles. The fourth-order valence-electron chi connectivity index (χ4n) is 0.545. The molecule has 1 aromatic heterocycles. The van der Waals surface area contributed by atoms with Crippen molar-refractivity contribution in [2.75, 3.05) is 5.43 Å². The molecule has 0 aliphatic heterocycles.